The summed E-state index contributed by atoms with van der Waals surface area (Å²) in [7, 11) is 0. The molecule has 0 aromatic heterocycles. The van der Waals surface area contributed by atoms with E-state index >= 15 is 0 Å². The first-order valence-corrected chi connectivity index (χ1v) is 6.26. The molecular weight excluding hydrogens is 222 g/mol. The second-order valence-electron chi connectivity index (χ2n) is 4.02. The third-order valence-corrected chi connectivity index (χ3v) is 3.83. The fourth-order valence-electron chi connectivity index (χ4n) is 1.71. The van der Waals surface area contributed by atoms with E-state index in [2.05, 4.69) is 41.6 Å². The zero-order chi connectivity index (χ0) is 11.8. The third kappa shape index (κ3) is 4.33. The molecule has 1 aromatic carbocycles. The van der Waals surface area contributed by atoms with E-state index in [9.17, 15) is 0 Å². The van der Waals surface area contributed by atoms with Crippen LogP contribution in [0.1, 0.15) is 19.8 Å². The quantitative estimate of drug-likeness (QED) is 0.740. The van der Waals surface area contributed by atoms with Gasteiger partial charge in [-0.25, -0.2) is 4.31 Å². The lowest BCUT2D eigenvalue weighted by Crippen LogP contribution is -2.27. The zero-order valence-electron chi connectivity index (χ0n) is 9.46. The second-order valence-corrected chi connectivity index (χ2v) is 5.19. The summed E-state index contributed by atoms with van der Waals surface area (Å²) in [5, 5.41) is 0. The van der Waals surface area contributed by atoms with E-state index in [1.807, 2.05) is 11.9 Å². The maximum Gasteiger partial charge on any atom is 0.0230 e. The highest BCUT2D eigenvalue weighted by molar-refractivity contribution is 7.97. The maximum atomic E-state index is 7.00. The molecule has 0 atom stereocenters. The average Bonchev–Trinajstić information content (AvgIpc) is 2.36. The van der Waals surface area contributed by atoms with Crippen LogP contribution in [0.3, 0.4) is 0 Å². The molecule has 88 valence electrons. The van der Waals surface area contributed by atoms with Crippen LogP contribution >= 0.6 is 11.9 Å². The van der Waals surface area contributed by atoms with Gasteiger partial charge in [0.05, 0.1) is 0 Å². The molecule has 0 unspecified atom stereocenters. The van der Waals surface area contributed by atoms with E-state index in [-0.39, 0.29) is 0 Å². The number of rotatable bonds is 2. The molecule has 0 bridgehead atoms. The Bertz CT molecular complexity index is 286. The number of nitrogens with zero attached hydrogens (tertiary/aromatic N) is 1. The molecule has 4 heteroatoms. The van der Waals surface area contributed by atoms with Crippen LogP contribution in [-0.4, -0.2) is 17.4 Å². The molecule has 16 heavy (non-hydrogen) atoms. The summed E-state index contributed by atoms with van der Waals surface area (Å²) in [6.45, 7) is 4.83. The summed E-state index contributed by atoms with van der Waals surface area (Å²) in [6.07, 6.45) is 2.69. The Labute approximate surface area is 101 Å². The van der Waals surface area contributed by atoms with Gasteiger partial charge in [-0.05, 0) is 42.8 Å². The van der Waals surface area contributed by atoms with E-state index in [1.54, 1.807) is 0 Å². The minimum Gasteiger partial charge on any atom is -0.246 e. The van der Waals surface area contributed by atoms with Gasteiger partial charge >= 0.3 is 0 Å². The van der Waals surface area contributed by atoms with Gasteiger partial charge in [0, 0.05) is 27.9 Å². The first-order valence-electron chi connectivity index (χ1n) is 5.49. The lowest BCUT2D eigenvalue weighted by Gasteiger charge is -2.28. The number of benzene rings is 1. The lowest BCUT2D eigenvalue weighted by atomic mass is 10.0. The van der Waals surface area contributed by atoms with Crippen LogP contribution in [0.2, 0.25) is 0 Å². The molecule has 0 aliphatic carbocycles. The minimum absolute atomic E-state index is 0.919. The van der Waals surface area contributed by atoms with Gasteiger partial charge in [0.15, 0.2) is 0 Å². The van der Waals surface area contributed by atoms with Crippen molar-refractivity contribution >= 4 is 11.9 Å². The molecule has 0 amide bonds. The fourth-order valence-corrected chi connectivity index (χ4v) is 2.68. The van der Waals surface area contributed by atoms with Gasteiger partial charge in [-0.1, -0.05) is 25.1 Å². The molecule has 0 spiro atoms. The van der Waals surface area contributed by atoms with E-state index in [0.717, 1.165) is 5.92 Å². The smallest absolute Gasteiger partial charge is 0.0230 e. The van der Waals surface area contributed by atoms with E-state index < -0.39 is 0 Å². The van der Waals surface area contributed by atoms with Crippen LogP contribution < -0.4 is 0 Å². The molecule has 1 aliphatic heterocycles. The SMILES string of the molecule is CC1CCN(Sc2ccccc2)CC1.O=O. The normalized spacial score (nSPS) is 17.6. The van der Waals surface area contributed by atoms with Gasteiger partial charge in [-0.3, -0.25) is 0 Å². The Kier molecular flexibility index (Phi) is 6.11. The van der Waals surface area contributed by atoms with Crippen molar-refractivity contribution in [1.82, 2.24) is 4.31 Å². The van der Waals surface area contributed by atoms with Gasteiger partial charge in [-0.2, -0.15) is 0 Å². The Hall–Kier alpha value is -0.870. The number of hydrogen-bond acceptors (Lipinski definition) is 4. The first-order chi connectivity index (χ1) is 7.84. The highest BCUT2D eigenvalue weighted by Crippen LogP contribution is 2.27. The average molecular weight is 239 g/mol. The number of piperidine rings is 1. The molecule has 1 heterocycles. The monoisotopic (exact) mass is 239 g/mol. The van der Waals surface area contributed by atoms with Gasteiger partial charge in [0.2, 0.25) is 0 Å². The molecule has 0 radical (unpaired) electrons. The molecule has 1 saturated heterocycles. The topological polar surface area (TPSA) is 37.4 Å². The Morgan fingerprint density at radius 1 is 1.12 bits per heavy atom. The van der Waals surface area contributed by atoms with Crippen molar-refractivity contribution in [2.45, 2.75) is 24.7 Å². The van der Waals surface area contributed by atoms with Gasteiger partial charge in [0.25, 0.3) is 0 Å². The summed E-state index contributed by atoms with van der Waals surface area (Å²) in [4.78, 5) is 15.4. The zero-order valence-corrected chi connectivity index (χ0v) is 10.3. The van der Waals surface area contributed by atoms with E-state index in [0.29, 0.717) is 0 Å². The van der Waals surface area contributed by atoms with Gasteiger partial charge in [0.1, 0.15) is 0 Å². The van der Waals surface area contributed by atoms with Crippen molar-refractivity contribution in [3.05, 3.63) is 40.3 Å². The molecule has 1 aromatic rings. The summed E-state index contributed by atoms with van der Waals surface area (Å²) in [5.41, 5.74) is 0. The first kappa shape index (κ1) is 13.2. The third-order valence-electron chi connectivity index (χ3n) is 2.72. The largest absolute Gasteiger partial charge is 0.246 e. The summed E-state index contributed by atoms with van der Waals surface area (Å²) < 4.78 is 2.48. The van der Waals surface area contributed by atoms with Gasteiger partial charge < -0.3 is 0 Å². The molecule has 0 saturated carbocycles. The van der Waals surface area contributed by atoms with E-state index in [1.165, 1.54) is 30.8 Å². The molecule has 3 nitrogen and oxygen atoms in total. The molecule has 2 rings (SSSR count). The summed E-state index contributed by atoms with van der Waals surface area (Å²) >= 11 is 1.90. The van der Waals surface area contributed by atoms with Crippen LogP contribution in [0.4, 0.5) is 0 Å². The molecule has 0 N–H and O–H groups in total. The van der Waals surface area contributed by atoms with Gasteiger partial charge in [-0.15, -0.1) is 0 Å². The Morgan fingerprint density at radius 3 is 2.25 bits per heavy atom. The summed E-state index contributed by atoms with van der Waals surface area (Å²) in [6, 6.07) is 10.7. The van der Waals surface area contributed by atoms with Crippen molar-refractivity contribution in [3.63, 3.8) is 0 Å². The molecule has 1 fully saturated rings. The van der Waals surface area contributed by atoms with Crippen molar-refractivity contribution in [1.29, 1.82) is 0 Å². The van der Waals surface area contributed by atoms with Crippen LogP contribution in [0.15, 0.2) is 35.2 Å². The second kappa shape index (κ2) is 7.41. The van der Waals surface area contributed by atoms with Crippen molar-refractivity contribution in [3.8, 4) is 0 Å². The molecule has 1 aliphatic rings. The van der Waals surface area contributed by atoms with Crippen LogP contribution in [0.25, 0.3) is 0 Å². The predicted octanol–water partition coefficient (Wildman–Crippen LogP) is 3.49. The van der Waals surface area contributed by atoms with Crippen molar-refractivity contribution in [2.24, 2.45) is 5.92 Å². The van der Waals surface area contributed by atoms with Crippen LogP contribution in [0, 0.1) is 15.8 Å². The molecular formula is C12H17NO2S. The van der Waals surface area contributed by atoms with Crippen molar-refractivity contribution < 1.29 is 0 Å². The highest BCUT2D eigenvalue weighted by atomic mass is 32.2. The van der Waals surface area contributed by atoms with Crippen LogP contribution in [0.5, 0.6) is 0 Å². The highest BCUT2D eigenvalue weighted by Gasteiger charge is 2.15. The number of hydrogen-bond donors (Lipinski definition) is 0. The minimum atomic E-state index is 0.919. The van der Waals surface area contributed by atoms with Crippen molar-refractivity contribution in [2.75, 3.05) is 13.1 Å². The lowest BCUT2D eigenvalue weighted by molar-refractivity contribution is 0.308. The standard InChI is InChI=1S/C12H17NS.O2/c1-11-7-9-13(10-8-11)14-12-5-3-2-4-6-12;1-2/h2-6,11H,7-10H2,1H3;. The fraction of sp³-hybridized carbons (Fsp3) is 0.500. The van der Waals surface area contributed by atoms with E-state index in [4.69, 9.17) is 9.93 Å². The predicted molar refractivity (Wildman–Crippen MR) is 69.0 cm³/mol. The van der Waals surface area contributed by atoms with Crippen LogP contribution in [-0.2, 0) is 0 Å². The Balaban J connectivity index is 0.000000606. The summed E-state index contributed by atoms with van der Waals surface area (Å²) in [5.74, 6) is 0.919. The maximum absolute atomic E-state index is 7.00. The Morgan fingerprint density at radius 2 is 1.69 bits per heavy atom.